The summed E-state index contributed by atoms with van der Waals surface area (Å²) in [5.41, 5.74) is 0.951. The molecule has 17 heavy (non-hydrogen) atoms. The quantitative estimate of drug-likeness (QED) is 0.880. The van der Waals surface area contributed by atoms with Gasteiger partial charge in [-0.25, -0.2) is 13.9 Å². The molecule has 0 aliphatic heterocycles. The van der Waals surface area contributed by atoms with Crippen LogP contribution in [0.4, 0.5) is 4.39 Å². The molecule has 1 N–H and O–H groups in total. The zero-order chi connectivity index (χ0) is 12.4. The second kappa shape index (κ2) is 4.32. The number of hydrogen-bond donors (Lipinski definition) is 1. The van der Waals surface area contributed by atoms with Crippen molar-refractivity contribution in [3.63, 3.8) is 0 Å². The molecule has 5 nitrogen and oxygen atoms in total. The summed E-state index contributed by atoms with van der Waals surface area (Å²) in [7, 11) is 0. The Labute approximate surface area is 96.5 Å². The van der Waals surface area contributed by atoms with E-state index >= 15 is 0 Å². The number of carboxylic acids is 1. The summed E-state index contributed by atoms with van der Waals surface area (Å²) in [5.74, 6) is -1.76. The van der Waals surface area contributed by atoms with Crippen LogP contribution in [-0.4, -0.2) is 26.1 Å². The number of carboxylic acid groups (broad SMARTS) is 1. The van der Waals surface area contributed by atoms with Crippen molar-refractivity contribution < 1.29 is 14.3 Å². The van der Waals surface area contributed by atoms with Crippen molar-refractivity contribution in [3.8, 4) is 11.3 Å². The van der Waals surface area contributed by atoms with Crippen LogP contribution in [0.15, 0.2) is 24.4 Å². The molecule has 1 aromatic carbocycles. The molecular formula is C11H10FN3O2. The number of aromatic nitrogens is 3. The number of nitrogens with zero attached hydrogens (tertiary/aromatic N) is 3. The van der Waals surface area contributed by atoms with Gasteiger partial charge in [0.05, 0.1) is 17.5 Å². The van der Waals surface area contributed by atoms with E-state index in [0.717, 1.165) is 6.07 Å². The van der Waals surface area contributed by atoms with Crippen molar-refractivity contribution >= 4 is 5.97 Å². The first-order valence-corrected chi connectivity index (χ1v) is 5.04. The second-order valence-electron chi connectivity index (χ2n) is 3.47. The Morgan fingerprint density at radius 1 is 1.47 bits per heavy atom. The number of carbonyl (C=O) groups is 1. The van der Waals surface area contributed by atoms with Gasteiger partial charge in [-0.05, 0) is 25.1 Å². The Morgan fingerprint density at radius 3 is 2.88 bits per heavy atom. The van der Waals surface area contributed by atoms with E-state index in [-0.39, 0.29) is 5.56 Å². The lowest BCUT2D eigenvalue weighted by Crippen LogP contribution is -2.02. The minimum atomic E-state index is -1.17. The van der Waals surface area contributed by atoms with E-state index in [9.17, 15) is 9.18 Å². The Kier molecular flexibility index (Phi) is 2.86. The van der Waals surface area contributed by atoms with Gasteiger partial charge in [0, 0.05) is 12.1 Å². The standard InChI is InChI=1S/C11H10FN3O2/c1-2-15-10(6-13-14-15)7-3-8(11(16)17)5-9(12)4-7/h3-6H,2H2,1H3,(H,16,17). The van der Waals surface area contributed by atoms with Gasteiger partial charge in [-0.2, -0.15) is 0 Å². The van der Waals surface area contributed by atoms with Crippen molar-refractivity contribution in [2.45, 2.75) is 13.5 Å². The Morgan fingerprint density at radius 2 is 2.24 bits per heavy atom. The first kappa shape index (κ1) is 11.3. The number of benzene rings is 1. The van der Waals surface area contributed by atoms with Gasteiger partial charge in [0.25, 0.3) is 0 Å². The third-order valence-corrected chi connectivity index (χ3v) is 2.36. The van der Waals surface area contributed by atoms with Crippen molar-refractivity contribution in [2.24, 2.45) is 0 Å². The van der Waals surface area contributed by atoms with Gasteiger partial charge >= 0.3 is 5.97 Å². The third kappa shape index (κ3) is 2.15. The molecule has 1 aromatic heterocycles. The molecule has 0 fully saturated rings. The molecule has 0 amide bonds. The highest BCUT2D eigenvalue weighted by Gasteiger charge is 2.11. The molecule has 0 radical (unpaired) electrons. The lowest BCUT2D eigenvalue weighted by Gasteiger charge is -2.04. The third-order valence-electron chi connectivity index (χ3n) is 2.36. The molecular weight excluding hydrogens is 225 g/mol. The second-order valence-corrected chi connectivity index (χ2v) is 3.47. The van der Waals surface area contributed by atoms with Crippen molar-refractivity contribution in [3.05, 3.63) is 35.8 Å². The summed E-state index contributed by atoms with van der Waals surface area (Å²) in [6.07, 6.45) is 1.48. The van der Waals surface area contributed by atoms with E-state index in [2.05, 4.69) is 10.3 Å². The number of hydrogen-bond acceptors (Lipinski definition) is 3. The van der Waals surface area contributed by atoms with Crippen LogP contribution in [0.5, 0.6) is 0 Å². The van der Waals surface area contributed by atoms with E-state index in [1.54, 1.807) is 4.68 Å². The van der Waals surface area contributed by atoms with Gasteiger partial charge in [-0.1, -0.05) is 5.21 Å². The van der Waals surface area contributed by atoms with Crippen LogP contribution in [-0.2, 0) is 6.54 Å². The van der Waals surface area contributed by atoms with Crippen LogP contribution in [0.25, 0.3) is 11.3 Å². The van der Waals surface area contributed by atoms with E-state index in [0.29, 0.717) is 17.8 Å². The zero-order valence-electron chi connectivity index (χ0n) is 9.09. The molecule has 2 rings (SSSR count). The SMILES string of the molecule is CCn1nncc1-c1cc(F)cc(C(=O)O)c1. The molecule has 88 valence electrons. The maximum atomic E-state index is 13.3. The van der Waals surface area contributed by atoms with Crippen LogP contribution in [0, 0.1) is 5.82 Å². The first-order chi connectivity index (χ1) is 8.11. The molecule has 0 saturated heterocycles. The zero-order valence-corrected chi connectivity index (χ0v) is 9.09. The van der Waals surface area contributed by atoms with Crippen LogP contribution >= 0.6 is 0 Å². The average molecular weight is 235 g/mol. The van der Waals surface area contributed by atoms with Gasteiger partial charge in [0.15, 0.2) is 0 Å². The lowest BCUT2D eigenvalue weighted by molar-refractivity contribution is 0.0696. The van der Waals surface area contributed by atoms with Crippen molar-refractivity contribution in [1.82, 2.24) is 15.0 Å². The molecule has 2 aromatic rings. The highest BCUT2D eigenvalue weighted by molar-refractivity contribution is 5.89. The number of halogens is 1. The van der Waals surface area contributed by atoms with Gasteiger partial charge in [0.1, 0.15) is 5.82 Å². The molecule has 0 unspecified atom stereocenters. The highest BCUT2D eigenvalue weighted by atomic mass is 19.1. The predicted octanol–water partition coefficient (Wildman–Crippen LogP) is 1.80. The maximum Gasteiger partial charge on any atom is 0.335 e. The number of rotatable bonds is 3. The largest absolute Gasteiger partial charge is 0.478 e. The Hall–Kier alpha value is -2.24. The number of aromatic carboxylic acids is 1. The van der Waals surface area contributed by atoms with E-state index < -0.39 is 11.8 Å². The van der Waals surface area contributed by atoms with Crippen molar-refractivity contribution in [1.29, 1.82) is 0 Å². The molecule has 0 bridgehead atoms. The predicted molar refractivity (Wildman–Crippen MR) is 58.0 cm³/mol. The first-order valence-electron chi connectivity index (χ1n) is 5.04. The summed E-state index contributed by atoms with van der Waals surface area (Å²) in [5, 5.41) is 16.4. The monoisotopic (exact) mass is 235 g/mol. The number of aryl methyl sites for hydroxylation is 1. The Balaban J connectivity index is 2.56. The van der Waals surface area contributed by atoms with E-state index in [1.165, 1.54) is 18.3 Å². The van der Waals surface area contributed by atoms with Crippen LogP contribution in [0.3, 0.4) is 0 Å². The van der Waals surface area contributed by atoms with Gasteiger partial charge in [-0.3, -0.25) is 0 Å². The maximum absolute atomic E-state index is 13.3. The van der Waals surface area contributed by atoms with Crippen molar-refractivity contribution in [2.75, 3.05) is 0 Å². The molecule has 0 saturated carbocycles. The average Bonchev–Trinajstić information content (AvgIpc) is 2.76. The van der Waals surface area contributed by atoms with Crippen LogP contribution in [0.2, 0.25) is 0 Å². The topological polar surface area (TPSA) is 68.0 Å². The fourth-order valence-electron chi connectivity index (χ4n) is 1.58. The summed E-state index contributed by atoms with van der Waals surface area (Å²) < 4.78 is 14.9. The molecule has 0 aliphatic carbocycles. The molecule has 0 aliphatic rings. The molecule has 1 heterocycles. The van der Waals surface area contributed by atoms with Gasteiger partial charge < -0.3 is 5.11 Å². The fraction of sp³-hybridized carbons (Fsp3) is 0.182. The fourth-order valence-corrected chi connectivity index (χ4v) is 1.58. The smallest absolute Gasteiger partial charge is 0.335 e. The summed E-state index contributed by atoms with van der Waals surface area (Å²) in [4.78, 5) is 10.8. The minimum Gasteiger partial charge on any atom is -0.478 e. The highest BCUT2D eigenvalue weighted by Crippen LogP contribution is 2.21. The molecule has 0 atom stereocenters. The minimum absolute atomic E-state index is 0.0937. The van der Waals surface area contributed by atoms with Crippen LogP contribution in [0.1, 0.15) is 17.3 Å². The molecule has 6 heteroatoms. The van der Waals surface area contributed by atoms with E-state index in [4.69, 9.17) is 5.11 Å². The van der Waals surface area contributed by atoms with Crippen LogP contribution < -0.4 is 0 Å². The van der Waals surface area contributed by atoms with Gasteiger partial charge in [-0.15, -0.1) is 5.10 Å². The summed E-state index contributed by atoms with van der Waals surface area (Å²) in [6.45, 7) is 2.45. The summed E-state index contributed by atoms with van der Waals surface area (Å²) in [6, 6.07) is 3.64. The Bertz CT molecular complexity index is 566. The lowest BCUT2D eigenvalue weighted by atomic mass is 10.1. The summed E-state index contributed by atoms with van der Waals surface area (Å²) >= 11 is 0. The van der Waals surface area contributed by atoms with E-state index in [1.807, 2.05) is 6.92 Å². The van der Waals surface area contributed by atoms with Gasteiger partial charge in [0.2, 0.25) is 0 Å². The molecule has 0 spiro atoms. The normalized spacial score (nSPS) is 10.5.